The predicted molar refractivity (Wildman–Crippen MR) is 136 cm³/mol. The number of rotatable bonds is 6. The number of ether oxygens (including phenoxy) is 1. The number of hydrogen-bond acceptors (Lipinski definition) is 2. The molecule has 5 rings (SSSR count). The molecule has 1 saturated heterocycles. The molecule has 0 radical (unpaired) electrons. The van der Waals surface area contributed by atoms with Crippen molar-refractivity contribution >= 4 is 6.29 Å². The van der Waals surface area contributed by atoms with Crippen LogP contribution in [0.4, 0.5) is 0 Å². The number of fused-ring (bicyclic) bond motifs is 5. The lowest BCUT2D eigenvalue weighted by Gasteiger charge is -2.62. The lowest BCUT2D eigenvalue weighted by molar-refractivity contribution is -0.165. The molecule has 4 saturated carbocycles. The van der Waals surface area contributed by atoms with Crippen LogP contribution >= 0.6 is 0 Å². The Bertz CT molecular complexity index is 716. The molecule has 188 valence electrons. The van der Waals surface area contributed by atoms with Gasteiger partial charge >= 0.3 is 0 Å². The molecule has 33 heavy (non-hydrogen) atoms. The first kappa shape index (κ1) is 24.3. The molecule has 1 aliphatic heterocycles. The zero-order chi connectivity index (χ0) is 23.4. The van der Waals surface area contributed by atoms with Crippen LogP contribution in [0.3, 0.4) is 0 Å². The Hall–Kier alpha value is -0.370. The SMILES string of the molecule is CC(C)CCC[C@@H](C)[C@H]1CC[C@H]2[C@@H]3CC[C@H]4C[C@@]5(CCC(C=O)O5)CC[C@]4(C)[C@H]3CC[C@]12C. The van der Waals surface area contributed by atoms with Crippen molar-refractivity contribution in [2.24, 2.45) is 52.3 Å². The molecule has 0 aromatic rings. The maximum atomic E-state index is 11.3. The summed E-state index contributed by atoms with van der Waals surface area (Å²) in [5, 5.41) is 0. The van der Waals surface area contributed by atoms with Crippen LogP contribution in [-0.4, -0.2) is 18.0 Å². The van der Waals surface area contributed by atoms with Crippen LogP contribution in [-0.2, 0) is 9.53 Å². The van der Waals surface area contributed by atoms with E-state index in [0.29, 0.717) is 10.8 Å². The van der Waals surface area contributed by atoms with Crippen LogP contribution < -0.4 is 0 Å². The van der Waals surface area contributed by atoms with E-state index in [-0.39, 0.29) is 11.7 Å². The van der Waals surface area contributed by atoms with Gasteiger partial charge in [0.1, 0.15) is 12.4 Å². The molecule has 0 aromatic heterocycles. The van der Waals surface area contributed by atoms with Gasteiger partial charge in [-0.15, -0.1) is 0 Å². The fraction of sp³-hybridized carbons (Fsp3) is 0.968. The summed E-state index contributed by atoms with van der Waals surface area (Å²) in [4.78, 5) is 11.3. The number of aldehydes is 1. The van der Waals surface area contributed by atoms with Crippen LogP contribution in [0, 0.1) is 52.3 Å². The molecule has 0 aromatic carbocycles. The quantitative estimate of drug-likeness (QED) is 0.376. The standard InChI is InChI=1S/C31H52O2/c1-21(2)7-6-8-22(3)26-11-12-27-25-10-9-23-19-31(16-13-24(20-32)33-31)18-17-29(23,4)28(25)14-15-30(26,27)5/h20-28H,6-19H2,1-5H3/t22-,23+,24?,25+,26-,27+,28+,29+,30-,31-/m1/s1. The molecule has 0 bridgehead atoms. The van der Waals surface area contributed by atoms with Crippen molar-refractivity contribution < 1.29 is 9.53 Å². The fourth-order valence-corrected chi connectivity index (χ4v) is 10.6. The van der Waals surface area contributed by atoms with Crippen molar-refractivity contribution in [1.29, 1.82) is 0 Å². The molecule has 5 fully saturated rings. The molecule has 0 N–H and O–H groups in total. The maximum absolute atomic E-state index is 11.3. The monoisotopic (exact) mass is 456 g/mol. The minimum atomic E-state index is -0.126. The average molecular weight is 457 g/mol. The van der Waals surface area contributed by atoms with E-state index in [0.717, 1.165) is 60.6 Å². The Balaban J connectivity index is 1.27. The molecule has 2 heteroatoms. The van der Waals surface area contributed by atoms with E-state index in [1.807, 2.05) is 0 Å². The molecule has 1 spiro atoms. The second kappa shape index (κ2) is 8.94. The number of carbonyl (C=O) groups is 1. The highest BCUT2D eigenvalue weighted by Gasteiger charge is 2.62. The zero-order valence-electron chi connectivity index (χ0n) is 22.4. The average Bonchev–Trinajstić information content (AvgIpc) is 3.35. The Kier molecular flexibility index (Phi) is 6.59. The number of hydrogen-bond donors (Lipinski definition) is 0. The van der Waals surface area contributed by atoms with E-state index in [1.54, 1.807) is 0 Å². The topological polar surface area (TPSA) is 26.3 Å². The maximum Gasteiger partial charge on any atom is 0.148 e. The third-order valence-corrected chi connectivity index (χ3v) is 12.4. The lowest BCUT2D eigenvalue weighted by atomic mass is 9.43. The third-order valence-electron chi connectivity index (χ3n) is 12.4. The van der Waals surface area contributed by atoms with Crippen molar-refractivity contribution in [3.05, 3.63) is 0 Å². The highest BCUT2D eigenvalue weighted by Crippen LogP contribution is 2.69. The molecular formula is C31H52O2. The van der Waals surface area contributed by atoms with Gasteiger partial charge in [-0.1, -0.05) is 53.9 Å². The molecular weight excluding hydrogens is 404 g/mol. The Labute approximate surface area is 204 Å². The van der Waals surface area contributed by atoms with E-state index in [1.165, 1.54) is 77.0 Å². The zero-order valence-corrected chi connectivity index (χ0v) is 22.4. The minimum absolute atomic E-state index is 0.0373. The van der Waals surface area contributed by atoms with Crippen LogP contribution in [0.2, 0.25) is 0 Å². The van der Waals surface area contributed by atoms with Crippen LogP contribution in [0.5, 0.6) is 0 Å². The fourth-order valence-electron chi connectivity index (χ4n) is 10.6. The summed E-state index contributed by atoms with van der Waals surface area (Å²) in [6, 6.07) is 0. The first-order chi connectivity index (χ1) is 15.7. The van der Waals surface area contributed by atoms with E-state index in [2.05, 4.69) is 34.6 Å². The van der Waals surface area contributed by atoms with Gasteiger partial charge in [0.05, 0.1) is 5.60 Å². The molecule has 2 nitrogen and oxygen atoms in total. The second-order valence-electron chi connectivity index (χ2n) is 14.4. The highest BCUT2D eigenvalue weighted by atomic mass is 16.5. The van der Waals surface area contributed by atoms with Gasteiger partial charge in [-0.3, -0.25) is 0 Å². The van der Waals surface area contributed by atoms with Gasteiger partial charge in [0.25, 0.3) is 0 Å². The van der Waals surface area contributed by atoms with E-state index in [4.69, 9.17) is 4.74 Å². The molecule has 1 heterocycles. The molecule has 1 unspecified atom stereocenters. The van der Waals surface area contributed by atoms with Crippen molar-refractivity contribution in [2.45, 2.75) is 136 Å². The van der Waals surface area contributed by atoms with E-state index >= 15 is 0 Å². The van der Waals surface area contributed by atoms with Gasteiger partial charge < -0.3 is 9.53 Å². The lowest BCUT2D eigenvalue weighted by Crippen LogP contribution is -2.56. The minimum Gasteiger partial charge on any atom is -0.364 e. The molecule has 0 amide bonds. The van der Waals surface area contributed by atoms with Gasteiger partial charge in [-0.2, -0.15) is 0 Å². The second-order valence-corrected chi connectivity index (χ2v) is 14.4. The first-order valence-electron chi connectivity index (χ1n) is 14.8. The summed E-state index contributed by atoms with van der Waals surface area (Å²) in [6.45, 7) is 12.8. The first-order valence-corrected chi connectivity index (χ1v) is 14.8. The highest BCUT2D eigenvalue weighted by molar-refractivity contribution is 5.56. The predicted octanol–water partition coefficient (Wildman–Crippen LogP) is 8.22. The van der Waals surface area contributed by atoms with E-state index < -0.39 is 0 Å². The van der Waals surface area contributed by atoms with Gasteiger partial charge in [-0.05, 0) is 123 Å². The molecule has 5 aliphatic rings. The number of carbonyl (C=O) groups excluding carboxylic acids is 1. The summed E-state index contributed by atoms with van der Waals surface area (Å²) in [7, 11) is 0. The summed E-state index contributed by atoms with van der Waals surface area (Å²) in [5.41, 5.74) is 1.15. The Morgan fingerprint density at radius 3 is 2.36 bits per heavy atom. The Morgan fingerprint density at radius 1 is 0.848 bits per heavy atom. The Morgan fingerprint density at radius 2 is 1.64 bits per heavy atom. The molecule has 4 aliphatic carbocycles. The van der Waals surface area contributed by atoms with Gasteiger partial charge in [0, 0.05) is 0 Å². The summed E-state index contributed by atoms with van der Waals surface area (Å²) in [6.07, 6.45) is 19.9. The smallest absolute Gasteiger partial charge is 0.148 e. The van der Waals surface area contributed by atoms with Crippen molar-refractivity contribution in [3.8, 4) is 0 Å². The van der Waals surface area contributed by atoms with Crippen LogP contribution in [0.1, 0.15) is 125 Å². The van der Waals surface area contributed by atoms with Crippen LogP contribution in [0.15, 0.2) is 0 Å². The molecule has 10 atom stereocenters. The van der Waals surface area contributed by atoms with Crippen molar-refractivity contribution in [3.63, 3.8) is 0 Å². The summed E-state index contributed by atoms with van der Waals surface area (Å²) in [5.74, 6) is 6.41. The van der Waals surface area contributed by atoms with E-state index in [9.17, 15) is 4.79 Å². The van der Waals surface area contributed by atoms with Gasteiger partial charge in [0.2, 0.25) is 0 Å². The van der Waals surface area contributed by atoms with Gasteiger partial charge in [-0.25, -0.2) is 0 Å². The summed E-state index contributed by atoms with van der Waals surface area (Å²) < 4.78 is 6.37. The van der Waals surface area contributed by atoms with Crippen molar-refractivity contribution in [1.82, 2.24) is 0 Å². The summed E-state index contributed by atoms with van der Waals surface area (Å²) >= 11 is 0. The normalized spacial score (nSPS) is 50.1. The largest absolute Gasteiger partial charge is 0.364 e. The van der Waals surface area contributed by atoms with Gasteiger partial charge in [0.15, 0.2) is 0 Å². The van der Waals surface area contributed by atoms with Crippen molar-refractivity contribution in [2.75, 3.05) is 0 Å². The third kappa shape index (κ3) is 4.07. The van der Waals surface area contributed by atoms with Crippen LogP contribution in [0.25, 0.3) is 0 Å².